The van der Waals surface area contributed by atoms with Crippen LogP contribution in [-0.2, 0) is 0 Å². The third kappa shape index (κ3) is 2.93. The van der Waals surface area contributed by atoms with E-state index in [1.807, 2.05) is 50.2 Å². The zero-order chi connectivity index (χ0) is 14.0. The van der Waals surface area contributed by atoms with Crippen molar-refractivity contribution in [2.45, 2.75) is 13.0 Å². The van der Waals surface area contributed by atoms with E-state index >= 15 is 0 Å². The number of hydrogen-bond acceptors (Lipinski definition) is 2. The van der Waals surface area contributed by atoms with E-state index in [0.717, 1.165) is 22.4 Å². The van der Waals surface area contributed by atoms with Gasteiger partial charge in [-0.1, -0.05) is 18.2 Å². The maximum absolute atomic E-state index is 13.1. The molecular formula is C16H19FN2. The van der Waals surface area contributed by atoms with Crippen LogP contribution in [0.2, 0.25) is 0 Å². The van der Waals surface area contributed by atoms with Crippen molar-refractivity contribution in [3.63, 3.8) is 0 Å². The van der Waals surface area contributed by atoms with E-state index in [-0.39, 0.29) is 11.9 Å². The molecule has 2 aromatic rings. The number of hydrogen-bond donors (Lipinski definition) is 1. The Morgan fingerprint density at radius 2 is 1.68 bits per heavy atom. The van der Waals surface area contributed by atoms with E-state index in [2.05, 4.69) is 0 Å². The third-order valence-electron chi connectivity index (χ3n) is 3.34. The predicted octanol–water partition coefficient (Wildman–Crippen LogP) is 3.25. The number of nitrogens with two attached hydrogens (primary N) is 1. The lowest BCUT2D eigenvalue weighted by atomic mass is 9.95. The highest BCUT2D eigenvalue weighted by molar-refractivity contribution is 5.48. The summed E-state index contributed by atoms with van der Waals surface area (Å²) in [6.45, 7) is 1.88. The van der Waals surface area contributed by atoms with E-state index in [4.69, 9.17) is 5.73 Å². The van der Waals surface area contributed by atoms with Crippen LogP contribution < -0.4 is 10.6 Å². The molecule has 2 nitrogen and oxygen atoms in total. The second-order valence-electron chi connectivity index (χ2n) is 4.96. The monoisotopic (exact) mass is 258 g/mol. The summed E-state index contributed by atoms with van der Waals surface area (Å²) in [4.78, 5) is 2.04. The van der Waals surface area contributed by atoms with Crippen molar-refractivity contribution in [3.05, 3.63) is 65.0 Å². The van der Waals surface area contributed by atoms with Gasteiger partial charge in [0.15, 0.2) is 0 Å². The van der Waals surface area contributed by atoms with Gasteiger partial charge in [-0.05, 0) is 47.9 Å². The topological polar surface area (TPSA) is 29.3 Å². The van der Waals surface area contributed by atoms with Gasteiger partial charge in [0.25, 0.3) is 0 Å². The molecule has 2 aromatic carbocycles. The molecule has 1 atom stereocenters. The molecule has 3 heteroatoms. The second kappa shape index (κ2) is 5.41. The van der Waals surface area contributed by atoms with Crippen LogP contribution in [0.1, 0.15) is 22.7 Å². The molecule has 0 aliphatic heterocycles. The molecule has 0 heterocycles. The summed E-state index contributed by atoms with van der Waals surface area (Å²) in [6.07, 6.45) is 0. The Bertz CT molecular complexity index is 561. The van der Waals surface area contributed by atoms with E-state index in [1.54, 1.807) is 6.07 Å². The van der Waals surface area contributed by atoms with Crippen molar-refractivity contribution in [2.75, 3.05) is 19.0 Å². The summed E-state index contributed by atoms with van der Waals surface area (Å²) >= 11 is 0. The Kier molecular flexibility index (Phi) is 3.86. The van der Waals surface area contributed by atoms with Gasteiger partial charge >= 0.3 is 0 Å². The van der Waals surface area contributed by atoms with Crippen LogP contribution in [0.15, 0.2) is 42.5 Å². The fraction of sp³-hybridized carbons (Fsp3) is 0.250. The van der Waals surface area contributed by atoms with Crippen LogP contribution >= 0.6 is 0 Å². The van der Waals surface area contributed by atoms with Crippen LogP contribution in [0.5, 0.6) is 0 Å². The second-order valence-corrected chi connectivity index (χ2v) is 4.96. The van der Waals surface area contributed by atoms with Crippen molar-refractivity contribution in [1.29, 1.82) is 0 Å². The minimum Gasteiger partial charge on any atom is -0.378 e. The first-order chi connectivity index (χ1) is 8.99. The van der Waals surface area contributed by atoms with Gasteiger partial charge in [0.2, 0.25) is 0 Å². The summed E-state index contributed by atoms with van der Waals surface area (Å²) in [6, 6.07) is 12.6. The van der Waals surface area contributed by atoms with Crippen molar-refractivity contribution in [3.8, 4) is 0 Å². The number of benzene rings is 2. The number of nitrogens with zero attached hydrogens (tertiary/aromatic N) is 1. The molecule has 2 rings (SSSR count). The number of halogens is 1. The third-order valence-corrected chi connectivity index (χ3v) is 3.34. The first kappa shape index (κ1) is 13.6. The molecule has 2 N–H and O–H groups in total. The van der Waals surface area contributed by atoms with Crippen LogP contribution in [0, 0.1) is 12.7 Å². The highest BCUT2D eigenvalue weighted by Crippen LogP contribution is 2.24. The Morgan fingerprint density at radius 3 is 2.21 bits per heavy atom. The van der Waals surface area contributed by atoms with Gasteiger partial charge in [-0.3, -0.25) is 0 Å². The molecule has 0 bridgehead atoms. The quantitative estimate of drug-likeness (QED) is 0.915. The van der Waals surface area contributed by atoms with Crippen molar-refractivity contribution in [2.24, 2.45) is 5.73 Å². The minimum absolute atomic E-state index is 0.225. The van der Waals surface area contributed by atoms with Gasteiger partial charge in [0, 0.05) is 19.8 Å². The number of anilines is 1. The normalized spacial score (nSPS) is 12.3. The first-order valence-corrected chi connectivity index (χ1v) is 6.28. The summed E-state index contributed by atoms with van der Waals surface area (Å²) in [5.41, 5.74) is 10.3. The smallest absolute Gasteiger partial charge is 0.123 e. The van der Waals surface area contributed by atoms with E-state index in [9.17, 15) is 4.39 Å². The van der Waals surface area contributed by atoms with E-state index in [1.165, 1.54) is 12.1 Å². The molecule has 0 aromatic heterocycles. The van der Waals surface area contributed by atoms with Gasteiger partial charge in [-0.15, -0.1) is 0 Å². The summed E-state index contributed by atoms with van der Waals surface area (Å²) < 4.78 is 13.1. The molecule has 0 fully saturated rings. The zero-order valence-electron chi connectivity index (χ0n) is 11.5. The van der Waals surface area contributed by atoms with Crippen molar-refractivity contribution < 1.29 is 4.39 Å². The molecule has 0 spiro atoms. The van der Waals surface area contributed by atoms with Crippen LogP contribution in [0.25, 0.3) is 0 Å². The minimum atomic E-state index is -0.226. The molecule has 19 heavy (non-hydrogen) atoms. The SMILES string of the molecule is Cc1cc(F)ccc1C(N)c1ccc(N(C)C)cc1. The Labute approximate surface area is 113 Å². The highest BCUT2D eigenvalue weighted by Gasteiger charge is 2.12. The van der Waals surface area contributed by atoms with Gasteiger partial charge in [0.05, 0.1) is 6.04 Å². The fourth-order valence-corrected chi connectivity index (χ4v) is 2.15. The Hall–Kier alpha value is -1.87. The summed E-state index contributed by atoms with van der Waals surface area (Å²) in [7, 11) is 4.00. The first-order valence-electron chi connectivity index (χ1n) is 6.28. The van der Waals surface area contributed by atoms with E-state index < -0.39 is 0 Å². The van der Waals surface area contributed by atoms with Gasteiger partial charge in [0.1, 0.15) is 5.82 Å². The lowest BCUT2D eigenvalue weighted by molar-refractivity contribution is 0.624. The zero-order valence-corrected chi connectivity index (χ0v) is 11.5. The summed E-state index contributed by atoms with van der Waals surface area (Å²) in [5, 5.41) is 0. The number of aryl methyl sites for hydroxylation is 1. The number of rotatable bonds is 3. The Morgan fingerprint density at radius 1 is 1.05 bits per heavy atom. The van der Waals surface area contributed by atoms with E-state index in [0.29, 0.717) is 0 Å². The lowest BCUT2D eigenvalue weighted by Crippen LogP contribution is -2.14. The molecule has 0 radical (unpaired) electrons. The van der Waals surface area contributed by atoms with Crippen molar-refractivity contribution >= 4 is 5.69 Å². The predicted molar refractivity (Wildman–Crippen MR) is 77.9 cm³/mol. The van der Waals surface area contributed by atoms with Crippen LogP contribution in [0.3, 0.4) is 0 Å². The molecule has 0 aliphatic rings. The van der Waals surface area contributed by atoms with Crippen LogP contribution in [0.4, 0.5) is 10.1 Å². The molecular weight excluding hydrogens is 239 g/mol. The molecule has 0 amide bonds. The maximum Gasteiger partial charge on any atom is 0.123 e. The Balaban J connectivity index is 2.30. The maximum atomic E-state index is 13.1. The average molecular weight is 258 g/mol. The molecule has 100 valence electrons. The van der Waals surface area contributed by atoms with Crippen LogP contribution in [-0.4, -0.2) is 14.1 Å². The van der Waals surface area contributed by atoms with Gasteiger partial charge < -0.3 is 10.6 Å². The van der Waals surface area contributed by atoms with Crippen molar-refractivity contribution in [1.82, 2.24) is 0 Å². The largest absolute Gasteiger partial charge is 0.378 e. The van der Waals surface area contributed by atoms with Gasteiger partial charge in [-0.25, -0.2) is 4.39 Å². The lowest BCUT2D eigenvalue weighted by Gasteiger charge is -2.17. The molecule has 0 aliphatic carbocycles. The average Bonchev–Trinajstić information content (AvgIpc) is 2.38. The molecule has 1 unspecified atom stereocenters. The standard InChI is InChI=1S/C16H19FN2/c1-11-10-13(17)6-9-15(11)16(18)12-4-7-14(8-5-12)19(2)3/h4-10,16H,18H2,1-3H3. The molecule has 0 saturated heterocycles. The summed E-state index contributed by atoms with van der Waals surface area (Å²) in [5.74, 6) is -0.226. The molecule has 0 saturated carbocycles. The highest BCUT2D eigenvalue weighted by atomic mass is 19.1. The van der Waals surface area contributed by atoms with Gasteiger partial charge in [-0.2, -0.15) is 0 Å². The fourth-order valence-electron chi connectivity index (χ4n) is 2.15.